The van der Waals surface area contributed by atoms with E-state index in [0.717, 1.165) is 32.1 Å². The van der Waals surface area contributed by atoms with Gasteiger partial charge in [0.1, 0.15) is 24.2 Å². The minimum Gasteiger partial charge on any atom is -0.468 e. The lowest BCUT2D eigenvalue weighted by Gasteiger charge is -2.33. The molecular weight excluding hydrogens is 486 g/mol. The van der Waals surface area contributed by atoms with Gasteiger partial charge in [-0.25, -0.2) is 4.79 Å². The largest absolute Gasteiger partial charge is 0.468 e. The molecule has 0 bridgehead atoms. The molecule has 210 valence electrons. The summed E-state index contributed by atoms with van der Waals surface area (Å²) in [4.78, 5) is 52.6. The number of benzene rings is 1. The van der Waals surface area contributed by atoms with Gasteiger partial charge in [0, 0.05) is 12.1 Å². The van der Waals surface area contributed by atoms with Gasteiger partial charge in [-0.2, -0.15) is 0 Å². The maximum absolute atomic E-state index is 13.7. The molecule has 0 aliphatic carbocycles. The third kappa shape index (κ3) is 11.7. The van der Waals surface area contributed by atoms with Crippen molar-refractivity contribution in [3.8, 4) is 12.3 Å². The molecule has 0 aromatic heterocycles. The second-order valence-corrected chi connectivity index (χ2v) is 10.1. The molecule has 3 amide bonds. The van der Waals surface area contributed by atoms with Crippen molar-refractivity contribution in [3.63, 3.8) is 0 Å². The highest BCUT2D eigenvalue weighted by Crippen LogP contribution is 2.24. The summed E-state index contributed by atoms with van der Waals surface area (Å²) in [6.45, 7) is 8.80. The van der Waals surface area contributed by atoms with Crippen LogP contribution in [0.2, 0.25) is 0 Å². The maximum Gasteiger partial charge on any atom is 0.408 e. The van der Waals surface area contributed by atoms with Gasteiger partial charge in [0.2, 0.25) is 11.8 Å². The fourth-order valence-electron chi connectivity index (χ4n) is 3.79. The number of terminal acetylenes is 1. The monoisotopic (exact) mass is 529 g/mol. The van der Waals surface area contributed by atoms with Crippen LogP contribution in [0.4, 0.5) is 4.79 Å². The maximum atomic E-state index is 13.7. The number of nitrogens with zero attached hydrogens (tertiary/aromatic N) is 1. The number of nitrogens with one attached hydrogen (secondary N) is 2. The molecule has 9 heteroatoms. The molecule has 1 rings (SSSR count). The number of esters is 1. The van der Waals surface area contributed by atoms with Crippen LogP contribution in [0.15, 0.2) is 24.3 Å². The lowest BCUT2D eigenvalue weighted by atomic mass is 10.0. The normalized spacial score (nSPS) is 12.4. The van der Waals surface area contributed by atoms with E-state index in [2.05, 4.69) is 28.2 Å². The molecule has 9 nitrogen and oxygen atoms in total. The van der Waals surface area contributed by atoms with Crippen LogP contribution < -0.4 is 10.6 Å². The second-order valence-electron chi connectivity index (χ2n) is 10.1. The fraction of sp³-hybridized carbons (Fsp3) is 0.586. The quantitative estimate of drug-likeness (QED) is 0.213. The molecule has 2 N–H and O–H groups in total. The van der Waals surface area contributed by atoms with E-state index >= 15 is 0 Å². The zero-order valence-corrected chi connectivity index (χ0v) is 23.6. The fourth-order valence-corrected chi connectivity index (χ4v) is 3.79. The lowest BCUT2D eigenvalue weighted by molar-refractivity contribution is -0.144. The van der Waals surface area contributed by atoms with Crippen LogP contribution in [-0.4, -0.2) is 60.6 Å². The minimum atomic E-state index is -1.06. The summed E-state index contributed by atoms with van der Waals surface area (Å²) in [5.74, 6) is 0.915. The molecule has 0 saturated carbocycles. The zero-order valence-electron chi connectivity index (χ0n) is 23.6. The highest BCUT2D eigenvalue weighted by atomic mass is 16.6. The van der Waals surface area contributed by atoms with Crippen LogP contribution in [0.3, 0.4) is 0 Å². The summed E-state index contributed by atoms with van der Waals surface area (Å²) < 4.78 is 9.94. The van der Waals surface area contributed by atoms with E-state index in [-0.39, 0.29) is 13.1 Å². The van der Waals surface area contributed by atoms with Crippen molar-refractivity contribution in [3.05, 3.63) is 35.4 Å². The van der Waals surface area contributed by atoms with Gasteiger partial charge in [0.25, 0.3) is 0 Å². The van der Waals surface area contributed by atoms with Gasteiger partial charge >= 0.3 is 12.1 Å². The standard InChI is InChI=1S/C29H43N3O6/c1-8-10-11-12-13-14-19-32(27(35)21(3)31-28(36)38-29(4,5)6)25(26(34)30-20-24(33)37-7)23-17-15-22(9-2)16-18-23/h2,15-18,21,25H,8,10-14,19-20H2,1,3-7H3,(H,30,34)(H,31,36). The van der Waals surface area contributed by atoms with Crippen molar-refractivity contribution in [2.45, 2.75) is 90.8 Å². The highest BCUT2D eigenvalue weighted by Gasteiger charge is 2.34. The van der Waals surface area contributed by atoms with Gasteiger partial charge < -0.3 is 25.0 Å². The third-order valence-electron chi connectivity index (χ3n) is 5.73. The van der Waals surface area contributed by atoms with E-state index in [9.17, 15) is 19.2 Å². The number of carbonyl (C=O) groups excluding carboxylic acids is 4. The smallest absolute Gasteiger partial charge is 0.408 e. The van der Waals surface area contributed by atoms with Gasteiger partial charge in [0.15, 0.2) is 0 Å². The number of unbranched alkanes of at least 4 members (excludes halogenated alkanes) is 5. The van der Waals surface area contributed by atoms with E-state index in [1.54, 1.807) is 52.0 Å². The average molecular weight is 530 g/mol. The van der Waals surface area contributed by atoms with Crippen molar-refractivity contribution in [2.75, 3.05) is 20.2 Å². The molecule has 1 aromatic rings. The molecule has 2 unspecified atom stereocenters. The molecule has 38 heavy (non-hydrogen) atoms. The zero-order chi connectivity index (χ0) is 28.7. The minimum absolute atomic E-state index is 0.276. The van der Waals surface area contributed by atoms with Crippen molar-refractivity contribution < 1.29 is 28.7 Å². The number of hydrogen-bond donors (Lipinski definition) is 2. The Morgan fingerprint density at radius 2 is 1.63 bits per heavy atom. The molecule has 0 spiro atoms. The van der Waals surface area contributed by atoms with Gasteiger partial charge in [-0.05, 0) is 51.8 Å². The summed E-state index contributed by atoms with van der Waals surface area (Å²) in [5.41, 5.74) is 0.409. The summed E-state index contributed by atoms with van der Waals surface area (Å²) in [5, 5.41) is 5.14. The summed E-state index contributed by atoms with van der Waals surface area (Å²) >= 11 is 0. The van der Waals surface area contributed by atoms with E-state index in [4.69, 9.17) is 11.2 Å². The predicted molar refractivity (Wildman–Crippen MR) is 146 cm³/mol. The van der Waals surface area contributed by atoms with Crippen LogP contribution in [0.25, 0.3) is 0 Å². The second kappa shape index (κ2) is 16.3. The Morgan fingerprint density at radius 1 is 1.03 bits per heavy atom. The Morgan fingerprint density at radius 3 is 2.18 bits per heavy atom. The number of methoxy groups -OCH3 is 1. The van der Waals surface area contributed by atoms with Crippen molar-refractivity contribution >= 4 is 23.9 Å². The Labute approximate surface area is 227 Å². The van der Waals surface area contributed by atoms with E-state index < -0.39 is 41.6 Å². The first kappa shape index (κ1) is 32.5. The highest BCUT2D eigenvalue weighted by molar-refractivity contribution is 5.93. The first-order valence-electron chi connectivity index (χ1n) is 13.1. The Bertz CT molecular complexity index is 962. The van der Waals surface area contributed by atoms with Crippen molar-refractivity contribution in [2.24, 2.45) is 0 Å². The van der Waals surface area contributed by atoms with Gasteiger partial charge in [-0.15, -0.1) is 6.42 Å². The predicted octanol–water partition coefficient (Wildman–Crippen LogP) is 4.10. The summed E-state index contributed by atoms with van der Waals surface area (Å²) in [7, 11) is 1.23. The SMILES string of the molecule is C#Cc1ccc(C(C(=O)NCC(=O)OC)N(CCCCCCCC)C(=O)C(C)NC(=O)OC(C)(C)C)cc1. The first-order chi connectivity index (χ1) is 17.9. The van der Waals surface area contributed by atoms with Crippen molar-refractivity contribution in [1.82, 2.24) is 15.5 Å². The molecule has 0 radical (unpaired) electrons. The van der Waals surface area contributed by atoms with Crippen LogP contribution >= 0.6 is 0 Å². The number of ether oxygens (including phenoxy) is 2. The molecule has 2 atom stereocenters. The Balaban J connectivity index is 3.29. The molecule has 1 aromatic carbocycles. The first-order valence-corrected chi connectivity index (χ1v) is 13.1. The molecule has 0 heterocycles. The number of amides is 3. The van der Waals surface area contributed by atoms with E-state index in [0.29, 0.717) is 17.5 Å². The number of alkyl carbamates (subject to hydrolysis) is 1. The molecule has 0 aliphatic rings. The van der Waals surface area contributed by atoms with E-state index in [1.807, 2.05) is 0 Å². The van der Waals surface area contributed by atoms with Gasteiger partial charge in [0.05, 0.1) is 7.11 Å². The number of hydrogen-bond acceptors (Lipinski definition) is 6. The topological polar surface area (TPSA) is 114 Å². The Hall–Kier alpha value is -3.54. The Kier molecular flexibility index (Phi) is 14.0. The van der Waals surface area contributed by atoms with Crippen LogP contribution in [0.1, 0.15) is 90.3 Å². The average Bonchev–Trinajstić information content (AvgIpc) is 2.86. The van der Waals surface area contributed by atoms with Crippen LogP contribution in [0, 0.1) is 12.3 Å². The van der Waals surface area contributed by atoms with Crippen molar-refractivity contribution in [1.29, 1.82) is 0 Å². The molecular formula is C29H43N3O6. The van der Waals surface area contributed by atoms with E-state index in [1.165, 1.54) is 12.0 Å². The van der Waals surface area contributed by atoms with Crippen LogP contribution in [-0.2, 0) is 23.9 Å². The van der Waals surface area contributed by atoms with Gasteiger partial charge in [-0.1, -0.05) is 57.1 Å². The van der Waals surface area contributed by atoms with Crippen LogP contribution in [0.5, 0.6) is 0 Å². The molecule has 0 saturated heterocycles. The third-order valence-corrected chi connectivity index (χ3v) is 5.73. The number of carbonyl (C=O) groups is 4. The lowest BCUT2D eigenvalue weighted by Crippen LogP contribution is -2.52. The number of rotatable bonds is 14. The summed E-state index contributed by atoms with van der Waals surface area (Å²) in [6, 6.07) is 4.72. The summed E-state index contributed by atoms with van der Waals surface area (Å²) in [6.07, 6.45) is 10.7. The van der Waals surface area contributed by atoms with Gasteiger partial charge in [-0.3, -0.25) is 14.4 Å². The molecule has 0 aliphatic heterocycles. The molecule has 0 fully saturated rings.